The molecule has 0 aliphatic carbocycles. The van der Waals surface area contributed by atoms with Crippen LogP contribution < -0.4 is 4.74 Å². The van der Waals surface area contributed by atoms with Crippen LogP contribution >= 0.6 is 0 Å². The van der Waals surface area contributed by atoms with Crippen molar-refractivity contribution in [3.63, 3.8) is 0 Å². The van der Waals surface area contributed by atoms with Crippen molar-refractivity contribution in [1.82, 2.24) is 9.80 Å². The van der Waals surface area contributed by atoms with Gasteiger partial charge in [0.1, 0.15) is 11.5 Å². The van der Waals surface area contributed by atoms with Crippen LogP contribution in [0.15, 0.2) is 18.2 Å². The zero-order chi connectivity index (χ0) is 17.8. The lowest BCUT2D eigenvalue weighted by molar-refractivity contribution is -0.137. The molecular weight excluding hydrogens is 320 g/mol. The van der Waals surface area contributed by atoms with Crippen LogP contribution in [0, 0.1) is 5.92 Å². The molecule has 0 spiro atoms. The van der Waals surface area contributed by atoms with Crippen molar-refractivity contribution in [2.45, 2.75) is 32.1 Å². The van der Waals surface area contributed by atoms with Gasteiger partial charge < -0.3 is 19.6 Å². The van der Waals surface area contributed by atoms with Crippen LogP contribution in [0.2, 0.25) is 0 Å². The predicted molar refractivity (Wildman–Crippen MR) is 93.7 cm³/mol. The lowest BCUT2D eigenvalue weighted by Gasteiger charge is -2.36. The summed E-state index contributed by atoms with van der Waals surface area (Å²) in [5, 5.41) is 10.1. The maximum atomic E-state index is 12.8. The van der Waals surface area contributed by atoms with E-state index in [1.807, 2.05) is 4.90 Å². The second-order valence-corrected chi connectivity index (χ2v) is 6.86. The van der Waals surface area contributed by atoms with Crippen molar-refractivity contribution in [3.8, 4) is 11.5 Å². The van der Waals surface area contributed by atoms with Gasteiger partial charge in [-0.2, -0.15) is 0 Å². The van der Waals surface area contributed by atoms with Crippen LogP contribution in [0.25, 0.3) is 0 Å². The molecule has 0 saturated carbocycles. The molecule has 2 fully saturated rings. The molecule has 6 heteroatoms. The van der Waals surface area contributed by atoms with E-state index < -0.39 is 0 Å². The highest BCUT2D eigenvalue weighted by Gasteiger charge is 2.32. The Morgan fingerprint density at radius 1 is 1.08 bits per heavy atom. The van der Waals surface area contributed by atoms with Gasteiger partial charge in [0, 0.05) is 32.2 Å². The van der Waals surface area contributed by atoms with E-state index in [2.05, 4.69) is 0 Å². The van der Waals surface area contributed by atoms with Crippen molar-refractivity contribution in [3.05, 3.63) is 23.8 Å². The number of methoxy groups -OCH3 is 1. The Morgan fingerprint density at radius 2 is 1.80 bits per heavy atom. The highest BCUT2D eigenvalue weighted by atomic mass is 16.5. The van der Waals surface area contributed by atoms with Gasteiger partial charge >= 0.3 is 0 Å². The lowest BCUT2D eigenvalue weighted by Crippen LogP contribution is -2.47. The maximum absolute atomic E-state index is 12.8. The summed E-state index contributed by atoms with van der Waals surface area (Å²) in [5.74, 6) is 0.239. The number of carbonyl (C=O) groups is 2. The topological polar surface area (TPSA) is 70.1 Å². The van der Waals surface area contributed by atoms with Crippen molar-refractivity contribution in [1.29, 1.82) is 0 Å². The zero-order valence-corrected chi connectivity index (χ0v) is 14.7. The molecule has 2 heterocycles. The summed E-state index contributed by atoms with van der Waals surface area (Å²) in [5.41, 5.74) is 0.256. The number of hydrogen-bond acceptors (Lipinski definition) is 4. The minimum atomic E-state index is -0.226. The minimum absolute atomic E-state index is 0.0890. The van der Waals surface area contributed by atoms with Gasteiger partial charge in [-0.1, -0.05) is 0 Å². The summed E-state index contributed by atoms with van der Waals surface area (Å²) in [6.45, 7) is 2.72. The summed E-state index contributed by atoms with van der Waals surface area (Å²) in [6, 6.07) is 4.67. The number of rotatable bonds is 3. The second-order valence-electron chi connectivity index (χ2n) is 6.86. The van der Waals surface area contributed by atoms with Crippen LogP contribution in [-0.2, 0) is 4.79 Å². The molecule has 3 rings (SSSR count). The molecule has 1 atom stereocenters. The molecule has 2 saturated heterocycles. The van der Waals surface area contributed by atoms with Crippen LogP contribution in [0.5, 0.6) is 11.5 Å². The average Bonchev–Trinajstić information content (AvgIpc) is 2.67. The third-order valence-electron chi connectivity index (χ3n) is 5.16. The van der Waals surface area contributed by atoms with Gasteiger partial charge in [-0.15, -0.1) is 0 Å². The molecule has 0 bridgehead atoms. The van der Waals surface area contributed by atoms with Crippen LogP contribution in [0.1, 0.15) is 42.5 Å². The number of phenolic OH excluding ortho intramolecular Hbond substituents is 1. The Hall–Kier alpha value is -2.24. The fraction of sp³-hybridized carbons (Fsp3) is 0.579. The van der Waals surface area contributed by atoms with Crippen molar-refractivity contribution >= 4 is 11.8 Å². The van der Waals surface area contributed by atoms with Crippen LogP contribution in [0.3, 0.4) is 0 Å². The third kappa shape index (κ3) is 3.89. The van der Waals surface area contributed by atoms with Gasteiger partial charge in [0.15, 0.2) is 0 Å². The first-order chi connectivity index (χ1) is 12.1. The summed E-state index contributed by atoms with van der Waals surface area (Å²) in [7, 11) is 1.51. The van der Waals surface area contributed by atoms with Gasteiger partial charge in [-0.05, 0) is 44.2 Å². The SMILES string of the molecule is COc1ccc(C(=O)N2CCCC(C(=O)N3CCCCC3)C2)c(O)c1. The number of piperidine rings is 2. The number of phenols is 1. The summed E-state index contributed by atoms with van der Waals surface area (Å²) in [4.78, 5) is 29.1. The van der Waals surface area contributed by atoms with Crippen molar-refractivity contribution in [2.24, 2.45) is 5.92 Å². The predicted octanol–water partition coefficient (Wildman–Crippen LogP) is 2.27. The zero-order valence-electron chi connectivity index (χ0n) is 14.7. The van der Waals surface area contributed by atoms with Gasteiger partial charge in [-0.3, -0.25) is 9.59 Å². The number of ether oxygens (including phenoxy) is 1. The standard InChI is InChI=1S/C19H26N2O4/c1-25-15-7-8-16(17(22)12-15)19(24)21-11-5-6-14(13-21)18(23)20-9-3-2-4-10-20/h7-8,12,14,22H,2-6,9-11,13H2,1H3. The van der Waals surface area contributed by atoms with E-state index in [0.29, 0.717) is 18.8 Å². The molecular formula is C19H26N2O4. The molecule has 136 valence electrons. The maximum Gasteiger partial charge on any atom is 0.257 e. The summed E-state index contributed by atoms with van der Waals surface area (Å²) >= 11 is 0. The van der Waals surface area contributed by atoms with Gasteiger partial charge in [0.05, 0.1) is 18.6 Å². The van der Waals surface area contributed by atoms with Gasteiger partial charge in [0.2, 0.25) is 5.91 Å². The third-order valence-corrected chi connectivity index (χ3v) is 5.16. The smallest absolute Gasteiger partial charge is 0.257 e. The van der Waals surface area contributed by atoms with Crippen LogP contribution in [0.4, 0.5) is 0 Å². The van der Waals surface area contributed by atoms with E-state index in [1.165, 1.54) is 19.6 Å². The van der Waals surface area contributed by atoms with E-state index in [4.69, 9.17) is 4.74 Å². The van der Waals surface area contributed by atoms with E-state index in [9.17, 15) is 14.7 Å². The number of hydrogen-bond donors (Lipinski definition) is 1. The first kappa shape index (κ1) is 17.6. The van der Waals surface area contributed by atoms with Crippen LogP contribution in [-0.4, -0.2) is 60.0 Å². The molecule has 2 aliphatic rings. The molecule has 0 aromatic heterocycles. The fourth-order valence-corrected chi connectivity index (χ4v) is 3.73. The Balaban J connectivity index is 1.68. The summed E-state index contributed by atoms with van der Waals surface area (Å²) in [6.07, 6.45) is 4.97. The Kier molecular flexibility index (Phi) is 5.46. The van der Waals surface area contributed by atoms with Crippen molar-refractivity contribution < 1.29 is 19.4 Å². The molecule has 1 N–H and O–H groups in total. The summed E-state index contributed by atoms with van der Waals surface area (Å²) < 4.78 is 5.06. The molecule has 2 aliphatic heterocycles. The number of carbonyl (C=O) groups excluding carboxylic acids is 2. The molecule has 2 amide bonds. The highest BCUT2D eigenvalue weighted by molar-refractivity contribution is 5.97. The normalized spacial score (nSPS) is 21.1. The Morgan fingerprint density at radius 3 is 2.48 bits per heavy atom. The lowest BCUT2D eigenvalue weighted by atomic mass is 9.95. The van der Waals surface area contributed by atoms with E-state index >= 15 is 0 Å². The quantitative estimate of drug-likeness (QED) is 0.911. The van der Waals surface area contributed by atoms with E-state index in [-0.39, 0.29) is 29.0 Å². The number of benzene rings is 1. The van der Waals surface area contributed by atoms with Crippen molar-refractivity contribution in [2.75, 3.05) is 33.3 Å². The van der Waals surface area contributed by atoms with Gasteiger partial charge in [0.25, 0.3) is 5.91 Å². The number of likely N-dealkylation sites (tertiary alicyclic amines) is 2. The van der Waals surface area contributed by atoms with E-state index in [1.54, 1.807) is 17.0 Å². The Bertz CT molecular complexity index is 640. The fourth-order valence-electron chi connectivity index (χ4n) is 3.73. The molecule has 1 aromatic carbocycles. The first-order valence-electron chi connectivity index (χ1n) is 9.05. The number of aromatic hydroxyl groups is 1. The average molecular weight is 346 g/mol. The number of nitrogens with zero attached hydrogens (tertiary/aromatic N) is 2. The molecule has 25 heavy (non-hydrogen) atoms. The molecule has 0 radical (unpaired) electrons. The molecule has 1 unspecified atom stereocenters. The Labute approximate surface area is 148 Å². The minimum Gasteiger partial charge on any atom is -0.507 e. The monoisotopic (exact) mass is 346 g/mol. The second kappa shape index (κ2) is 7.76. The first-order valence-corrected chi connectivity index (χ1v) is 9.05. The molecule has 6 nitrogen and oxygen atoms in total. The largest absolute Gasteiger partial charge is 0.507 e. The number of amides is 2. The highest BCUT2D eigenvalue weighted by Crippen LogP contribution is 2.27. The molecule has 1 aromatic rings. The van der Waals surface area contributed by atoms with Gasteiger partial charge in [-0.25, -0.2) is 0 Å². The van der Waals surface area contributed by atoms with E-state index in [0.717, 1.165) is 38.8 Å².